The second-order valence-corrected chi connectivity index (χ2v) is 7.63. The van der Waals surface area contributed by atoms with Gasteiger partial charge in [0.1, 0.15) is 12.4 Å². The van der Waals surface area contributed by atoms with Gasteiger partial charge >= 0.3 is 5.69 Å². The number of benzene rings is 1. The van der Waals surface area contributed by atoms with E-state index >= 15 is 0 Å². The first kappa shape index (κ1) is 16.2. The quantitative estimate of drug-likeness (QED) is 0.812. The molecule has 0 spiro atoms. The summed E-state index contributed by atoms with van der Waals surface area (Å²) >= 11 is 0. The molecule has 2 atom stereocenters. The van der Waals surface area contributed by atoms with Crippen LogP contribution in [0.15, 0.2) is 29.1 Å². The number of ether oxygens (including phenoxy) is 1. The first-order chi connectivity index (χ1) is 12.0. The Balaban J connectivity index is 1.58. The summed E-state index contributed by atoms with van der Waals surface area (Å²) < 4.78 is 45.6. The molecule has 3 heterocycles. The van der Waals surface area contributed by atoms with Gasteiger partial charge in [-0.15, -0.1) is 0 Å². The number of aromatic nitrogens is 2. The largest absolute Gasteiger partial charge is 0.472 e. The van der Waals surface area contributed by atoms with Gasteiger partial charge in [0.25, 0.3) is 0 Å². The molecule has 2 unspecified atom stereocenters. The van der Waals surface area contributed by atoms with E-state index in [-0.39, 0.29) is 24.1 Å². The van der Waals surface area contributed by atoms with Gasteiger partial charge in [0, 0.05) is 40.5 Å². The van der Waals surface area contributed by atoms with Crippen LogP contribution in [0, 0.1) is 11.6 Å². The number of nitrogens with zero attached hydrogens (tertiary/aromatic N) is 3. The summed E-state index contributed by atoms with van der Waals surface area (Å²) in [6.45, 7) is 0.817. The van der Waals surface area contributed by atoms with E-state index in [1.54, 1.807) is 6.07 Å². The van der Waals surface area contributed by atoms with Crippen LogP contribution in [0.5, 0.6) is 5.88 Å². The number of rotatable bonds is 3. The molecular weight excluding hydrogens is 352 g/mol. The molecule has 0 radical (unpaired) electrons. The van der Waals surface area contributed by atoms with Crippen LogP contribution in [0.4, 0.5) is 14.6 Å². The van der Waals surface area contributed by atoms with Crippen molar-refractivity contribution in [1.29, 1.82) is 0 Å². The van der Waals surface area contributed by atoms with Crippen molar-refractivity contribution >= 4 is 16.6 Å². The van der Waals surface area contributed by atoms with E-state index in [4.69, 9.17) is 4.74 Å². The zero-order valence-corrected chi connectivity index (χ0v) is 14.0. The van der Waals surface area contributed by atoms with Gasteiger partial charge in [-0.1, -0.05) is 12.1 Å². The third kappa shape index (κ3) is 2.92. The van der Waals surface area contributed by atoms with E-state index in [0.29, 0.717) is 30.4 Å². The number of anilines is 1. The van der Waals surface area contributed by atoms with Crippen molar-refractivity contribution in [1.82, 2.24) is 9.55 Å². The fourth-order valence-electron chi connectivity index (χ4n) is 3.20. The highest BCUT2D eigenvalue weighted by Gasteiger charge is 2.35. The smallest absolute Gasteiger partial charge is 0.352 e. The average molecular weight is 367 g/mol. The number of hydrogen-bond donors (Lipinski definition) is 0. The highest BCUT2D eigenvalue weighted by atomic mass is 32.2. The van der Waals surface area contributed by atoms with Gasteiger partial charge < -0.3 is 9.64 Å². The van der Waals surface area contributed by atoms with Gasteiger partial charge in [-0.3, -0.25) is 8.78 Å². The molecule has 1 aromatic carbocycles. The molecule has 132 valence electrons. The maximum atomic E-state index is 13.7. The van der Waals surface area contributed by atoms with Crippen molar-refractivity contribution in [3.63, 3.8) is 0 Å². The van der Waals surface area contributed by atoms with Gasteiger partial charge in [-0.05, 0) is 6.07 Å². The van der Waals surface area contributed by atoms with Gasteiger partial charge in [0.2, 0.25) is 5.88 Å². The van der Waals surface area contributed by atoms with Crippen LogP contribution >= 0.6 is 0 Å². The third-order valence-corrected chi connectivity index (χ3v) is 5.83. The molecule has 1 aromatic heterocycles. The highest BCUT2D eigenvalue weighted by Crippen LogP contribution is 2.29. The molecule has 4 rings (SSSR count). The topological polar surface area (TPSA) is 64.4 Å². The predicted octanol–water partition coefficient (Wildman–Crippen LogP) is 1.05. The number of fused-ring (bicyclic) bond motifs is 3. The second kappa shape index (κ2) is 6.21. The highest BCUT2D eigenvalue weighted by molar-refractivity contribution is 7.85. The van der Waals surface area contributed by atoms with Crippen molar-refractivity contribution in [2.24, 2.45) is 0 Å². The molecule has 0 bridgehead atoms. The molecule has 0 saturated carbocycles. The van der Waals surface area contributed by atoms with Crippen LogP contribution in [0.3, 0.4) is 0 Å². The summed E-state index contributed by atoms with van der Waals surface area (Å²) in [7, 11) is -0.870. The Bertz CT molecular complexity index is 918. The van der Waals surface area contributed by atoms with Crippen LogP contribution in [-0.2, 0) is 24.0 Å². The van der Waals surface area contributed by atoms with Crippen LogP contribution < -0.4 is 15.3 Å². The summed E-state index contributed by atoms with van der Waals surface area (Å²) in [5.41, 5.74) is -0.416. The lowest BCUT2D eigenvalue weighted by molar-refractivity contribution is 0.283. The van der Waals surface area contributed by atoms with Gasteiger partial charge in [0.05, 0.1) is 12.6 Å². The number of halogens is 2. The SMILES string of the molecule is O=c1nc(OCc2cccc(F)c2F)cc2n1CC1CS(=O)CCN21. The van der Waals surface area contributed by atoms with Crippen LogP contribution in [0.25, 0.3) is 0 Å². The van der Waals surface area contributed by atoms with E-state index in [1.807, 2.05) is 4.90 Å². The zero-order valence-electron chi connectivity index (χ0n) is 13.2. The minimum Gasteiger partial charge on any atom is -0.472 e. The molecule has 1 saturated heterocycles. The second-order valence-electron chi connectivity index (χ2n) is 6.01. The van der Waals surface area contributed by atoms with Crippen molar-refractivity contribution in [2.45, 2.75) is 19.2 Å². The van der Waals surface area contributed by atoms with Crippen LogP contribution in [0.1, 0.15) is 5.56 Å². The molecular formula is C16H15F2N3O3S. The number of hydrogen-bond acceptors (Lipinski definition) is 5. The Hall–Kier alpha value is -2.29. The van der Waals surface area contributed by atoms with Crippen molar-refractivity contribution < 1.29 is 17.7 Å². The summed E-state index contributed by atoms with van der Waals surface area (Å²) in [5, 5.41) is 0. The van der Waals surface area contributed by atoms with Crippen LogP contribution in [-0.4, -0.2) is 37.9 Å². The zero-order chi connectivity index (χ0) is 17.6. The Kier molecular flexibility index (Phi) is 4.03. The summed E-state index contributed by atoms with van der Waals surface area (Å²) in [4.78, 5) is 18.1. The molecule has 25 heavy (non-hydrogen) atoms. The van der Waals surface area contributed by atoms with E-state index in [9.17, 15) is 17.8 Å². The minimum atomic E-state index is -0.973. The molecule has 0 amide bonds. The Morgan fingerprint density at radius 3 is 3.04 bits per heavy atom. The van der Waals surface area contributed by atoms with Gasteiger partial charge in [-0.25, -0.2) is 13.6 Å². The minimum absolute atomic E-state index is 0.0139. The Morgan fingerprint density at radius 1 is 1.36 bits per heavy atom. The monoisotopic (exact) mass is 367 g/mol. The fraction of sp³-hybridized carbons (Fsp3) is 0.375. The van der Waals surface area contributed by atoms with Crippen molar-refractivity contribution in [3.05, 3.63) is 51.9 Å². The molecule has 1 fully saturated rings. The fourth-order valence-corrected chi connectivity index (χ4v) is 4.48. The first-order valence-electron chi connectivity index (χ1n) is 7.82. The normalized spacial score (nSPS) is 21.8. The molecule has 0 aliphatic carbocycles. The van der Waals surface area contributed by atoms with Crippen molar-refractivity contribution in [2.75, 3.05) is 23.0 Å². The lowest BCUT2D eigenvalue weighted by Gasteiger charge is -2.29. The van der Waals surface area contributed by atoms with E-state index in [1.165, 1.54) is 16.7 Å². The lowest BCUT2D eigenvalue weighted by Crippen LogP contribution is -2.44. The first-order valence-corrected chi connectivity index (χ1v) is 9.31. The molecule has 0 N–H and O–H groups in total. The Labute approximate surface area is 144 Å². The van der Waals surface area contributed by atoms with Gasteiger partial charge in [-0.2, -0.15) is 4.98 Å². The molecule has 2 aliphatic heterocycles. The van der Waals surface area contributed by atoms with Crippen LogP contribution in [0.2, 0.25) is 0 Å². The van der Waals surface area contributed by atoms with E-state index in [2.05, 4.69) is 4.98 Å². The summed E-state index contributed by atoms with van der Waals surface area (Å²) in [6, 6.07) is 5.46. The van der Waals surface area contributed by atoms with E-state index in [0.717, 1.165) is 6.07 Å². The maximum Gasteiger partial charge on any atom is 0.352 e. The molecule has 2 aliphatic rings. The van der Waals surface area contributed by atoms with Crippen molar-refractivity contribution in [3.8, 4) is 5.88 Å². The third-order valence-electron chi connectivity index (χ3n) is 4.44. The van der Waals surface area contributed by atoms with E-state index < -0.39 is 28.1 Å². The summed E-state index contributed by atoms with van der Waals surface area (Å²) in [6.07, 6.45) is 0. The summed E-state index contributed by atoms with van der Waals surface area (Å²) in [5.74, 6) is -0.126. The van der Waals surface area contributed by atoms with Gasteiger partial charge in [0.15, 0.2) is 11.6 Å². The maximum absolute atomic E-state index is 13.7. The Morgan fingerprint density at radius 2 is 2.20 bits per heavy atom. The predicted molar refractivity (Wildman–Crippen MR) is 88.2 cm³/mol. The standard InChI is InChI=1S/C16H15F2N3O3S/c17-12-3-1-2-10(15(12)18)8-24-13-6-14-20-4-5-25(23)9-11(20)7-21(14)16(22)19-13/h1-3,6,11H,4-5,7-9H2. The molecule has 9 heteroatoms. The molecule has 6 nitrogen and oxygen atoms in total. The lowest BCUT2D eigenvalue weighted by atomic mass is 10.2. The average Bonchev–Trinajstić information content (AvgIpc) is 2.94. The molecule has 2 aromatic rings.